The molecular weight excluding hydrogens is 731 g/mol. The monoisotopic (exact) mass is 769 g/mol. The number of aromatic nitrogens is 3. The molecule has 0 aliphatic carbocycles. The summed E-state index contributed by atoms with van der Waals surface area (Å²) in [6.07, 6.45) is 10.7. The fourth-order valence-electron chi connectivity index (χ4n) is 5.50. The van der Waals surface area contributed by atoms with Gasteiger partial charge in [-0.2, -0.15) is 0 Å². The lowest BCUT2D eigenvalue weighted by molar-refractivity contribution is 0.305. The highest BCUT2D eigenvalue weighted by atomic mass is 32.2. The Morgan fingerprint density at radius 1 is 0.509 bits per heavy atom. The summed E-state index contributed by atoms with van der Waals surface area (Å²) in [5.74, 6) is 2.42. The highest BCUT2D eigenvalue weighted by Gasteiger charge is 2.30. The smallest absolute Gasteiger partial charge is 0.170 e. The van der Waals surface area contributed by atoms with E-state index in [2.05, 4.69) is 51.4 Å². The first kappa shape index (κ1) is 38.7. The Bertz CT molecular complexity index is 2190. The summed E-state index contributed by atoms with van der Waals surface area (Å²) in [5, 5.41) is 0. The summed E-state index contributed by atoms with van der Waals surface area (Å²) in [4.78, 5) is 15.6. The maximum absolute atomic E-state index is 10.6. The highest BCUT2D eigenvalue weighted by molar-refractivity contribution is 7.97. The summed E-state index contributed by atoms with van der Waals surface area (Å²) < 4.78 is 50.4. The van der Waals surface area contributed by atoms with Gasteiger partial charge in [0.25, 0.3) is 0 Å². The average Bonchev–Trinajstić information content (AvgIpc) is 3.20. The number of hydrogen-bond donors (Lipinski definition) is 0. The van der Waals surface area contributed by atoms with Gasteiger partial charge in [-0.15, -0.1) is 0 Å². The van der Waals surface area contributed by atoms with E-state index in [-0.39, 0.29) is 4.90 Å². The van der Waals surface area contributed by atoms with Crippen molar-refractivity contribution in [3.8, 4) is 17.2 Å². The van der Waals surface area contributed by atoms with Gasteiger partial charge in [0.2, 0.25) is 0 Å². The van der Waals surface area contributed by atoms with Crippen LogP contribution < -0.4 is 14.2 Å². The van der Waals surface area contributed by atoms with Crippen molar-refractivity contribution in [2.45, 2.75) is 53.3 Å². The van der Waals surface area contributed by atoms with E-state index in [4.69, 9.17) is 14.2 Å². The van der Waals surface area contributed by atoms with Gasteiger partial charge in [-0.3, -0.25) is 15.0 Å². The van der Waals surface area contributed by atoms with Gasteiger partial charge in [0, 0.05) is 55.4 Å². The third-order valence-corrected chi connectivity index (χ3v) is 11.4. The lowest BCUT2D eigenvalue weighted by Gasteiger charge is -2.13. The predicted octanol–water partition coefficient (Wildman–Crippen LogP) is 8.91. The number of nitrogens with zero attached hydrogens (tertiary/aromatic N) is 3. The first-order valence-corrected chi connectivity index (χ1v) is 20.0. The molecule has 7 aromatic rings. The van der Waals surface area contributed by atoms with Crippen molar-refractivity contribution in [2.24, 2.45) is 0 Å². The van der Waals surface area contributed by atoms with E-state index < -0.39 is 21.0 Å². The van der Waals surface area contributed by atoms with E-state index in [0.29, 0.717) is 25.4 Å². The van der Waals surface area contributed by atoms with Crippen molar-refractivity contribution in [1.82, 2.24) is 15.0 Å². The Kier molecular flexibility index (Phi) is 13.3. The summed E-state index contributed by atoms with van der Waals surface area (Å²) in [5.41, 5.74) is 4.65. The summed E-state index contributed by atoms with van der Waals surface area (Å²) >= 11 is 0. The van der Waals surface area contributed by atoms with Gasteiger partial charge < -0.3 is 18.8 Å². The summed E-state index contributed by atoms with van der Waals surface area (Å²) in [6, 6.07) is 41.3. The third-order valence-electron chi connectivity index (χ3n) is 8.19. The lowest BCUT2D eigenvalue weighted by atomic mass is 10.2. The normalized spacial score (nSPS) is 11.0. The molecule has 0 fully saturated rings. The molecule has 278 valence electrons. The van der Waals surface area contributed by atoms with Crippen molar-refractivity contribution in [3.05, 3.63) is 192 Å². The minimum absolute atomic E-state index is 0.131. The number of aryl methyl sites for hydroxylation is 2. The van der Waals surface area contributed by atoms with E-state index in [1.165, 1.54) is 6.07 Å². The first-order valence-electron chi connectivity index (χ1n) is 17.3. The minimum atomic E-state index is -4.30. The van der Waals surface area contributed by atoms with Gasteiger partial charge in [-0.1, -0.05) is 35.9 Å². The molecule has 0 unspecified atom stereocenters. The van der Waals surface area contributed by atoms with Crippen LogP contribution in [0.25, 0.3) is 0 Å². The van der Waals surface area contributed by atoms with Gasteiger partial charge in [-0.25, -0.2) is 8.42 Å². The number of pyridine rings is 3. The SMILES string of the molecule is Cc1ccc(S(=O)(=O)[O-])c(C)c1.c1cc(OCc2ccncc2)cc([S+](c2cccc(OCc3ccncc3)c2)c2cccc(OCc3ccncc3)c2)c1. The quantitative estimate of drug-likeness (QED) is 0.0836. The number of hydrogen-bond acceptors (Lipinski definition) is 9. The molecule has 0 atom stereocenters. The van der Waals surface area contributed by atoms with E-state index in [1.807, 2.05) is 79.7 Å². The van der Waals surface area contributed by atoms with Crippen molar-refractivity contribution >= 4 is 21.0 Å². The van der Waals surface area contributed by atoms with Crippen LogP contribution in [0.15, 0.2) is 184 Å². The lowest BCUT2D eigenvalue weighted by Crippen LogP contribution is -2.07. The second-order valence-electron chi connectivity index (χ2n) is 12.4. The number of benzene rings is 4. The molecule has 0 radical (unpaired) electrons. The molecule has 0 N–H and O–H groups in total. The molecule has 0 bridgehead atoms. The van der Waals surface area contributed by atoms with Crippen LogP contribution in [-0.2, 0) is 40.8 Å². The molecule has 0 saturated heterocycles. The third kappa shape index (κ3) is 11.5. The van der Waals surface area contributed by atoms with Crippen LogP contribution >= 0.6 is 0 Å². The first-order chi connectivity index (χ1) is 26.7. The maximum atomic E-state index is 10.6. The predicted molar refractivity (Wildman–Crippen MR) is 211 cm³/mol. The Hall–Kier alpha value is -6.01. The zero-order chi connectivity index (χ0) is 38.5. The van der Waals surface area contributed by atoms with Gasteiger partial charge in [0.15, 0.2) is 14.7 Å². The average molecular weight is 770 g/mol. The highest BCUT2D eigenvalue weighted by Crippen LogP contribution is 2.36. The van der Waals surface area contributed by atoms with Crippen LogP contribution in [0.3, 0.4) is 0 Å². The topological polar surface area (TPSA) is 124 Å². The van der Waals surface area contributed by atoms with Crippen LogP contribution in [0.5, 0.6) is 17.2 Å². The van der Waals surface area contributed by atoms with Crippen LogP contribution in [0.2, 0.25) is 0 Å². The molecule has 55 heavy (non-hydrogen) atoms. The molecule has 0 saturated carbocycles. The van der Waals surface area contributed by atoms with Gasteiger partial charge >= 0.3 is 0 Å². The van der Waals surface area contributed by atoms with Crippen molar-refractivity contribution in [3.63, 3.8) is 0 Å². The Balaban J connectivity index is 0.000000367. The van der Waals surface area contributed by atoms with Crippen LogP contribution in [0.1, 0.15) is 27.8 Å². The Morgan fingerprint density at radius 2 is 0.873 bits per heavy atom. The molecule has 9 nitrogen and oxygen atoms in total. The van der Waals surface area contributed by atoms with E-state index in [1.54, 1.807) is 56.2 Å². The summed E-state index contributed by atoms with van der Waals surface area (Å²) in [6.45, 7) is 4.86. The largest absolute Gasteiger partial charge is 0.744 e. The summed E-state index contributed by atoms with van der Waals surface area (Å²) in [7, 11) is -4.76. The van der Waals surface area contributed by atoms with Crippen molar-refractivity contribution < 1.29 is 27.2 Å². The molecule has 3 heterocycles. The second kappa shape index (κ2) is 18.8. The molecule has 0 aliphatic heterocycles. The molecule has 0 amide bonds. The van der Waals surface area contributed by atoms with Crippen molar-refractivity contribution in [2.75, 3.05) is 0 Å². The molecule has 11 heteroatoms. The van der Waals surface area contributed by atoms with E-state index >= 15 is 0 Å². The maximum Gasteiger partial charge on any atom is 0.170 e. The number of rotatable bonds is 13. The van der Waals surface area contributed by atoms with Crippen LogP contribution in [-0.4, -0.2) is 27.9 Å². The molecule has 0 aliphatic rings. The van der Waals surface area contributed by atoms with Gasteiger partial charge in [-0.05, 0) is 115 Å². The molecule has 0 spiro atoms. The van der Waals surface area contributed by atoms with E-state index in [9.17, 15) is 13.0 Å². The van der Waals surface area contributed by atoms with Crippen LogP contribution in [0, 0.1) is 13.8 Å². The van der Waals surface area contributed by atoms with Crippen molar-refractivity contribution in [1.29, 1.82) is 0 Å². The zero-order valence-corrected chi connectivity index (χ0v) is 32.0. The Labute approximate surface area is 324 Å². The van der Waals surface area contributed by atoms with E-state index in [0.717, 1.165) is 54.2 Å². The standard InChI is InChI=1S/C36H30N3O3S.C8H10O3S/c1-4-31(40-25-28-10-16-37-17-11-28)22-34(7-1)43(35-8-2-5-32(23-35)41-26-29-12-18-38-19-13-29)36-9-3-6-33(24-36)42-27-30-14-20-39-21-15-30;1-6-3-4-8(7(2)5-6)12(9,10)11/h1-24H,25-27H2;3-5H,1-2H3,(H,9,10,11)/q+1;/p-1. The molecule has 7 rings (SSSR count). The second-order valence-corrected chi connectivity index (χ2v) is 15.8. The Morgan fingerprint density at radius 3 is 1.20 bits per heavy atom. The van der Waals surface area contributed by atoms with Crippen LogP contribution in [0.4, 0.5) is 0 Å². The fourth-order valence-corrected chi connectivity index (χ4v) is 8.35. The fraction of sp³-hybridized carbons (Fsp3) is 0.114. The van der Waals surface area contributed by atoms with Gasteiger partial charge in [0.1, 0.15) is 47.2 Å². The zero-order valence-electron chi connectivity index (χ0n) is 30.3. The number of ether oxygens (including phenoxy) is 3. The van der Waals surface area contributed by atoms with Gasteiger partial charge in [0.05, 0.1) is 15.8 Å². The molecule has 3 aromatic heterocycles. The molecule has 4 aromatic carbocycles. The molecular formula is C44H39N3O6S2. The minimum Gasteiger partial charge on any atom is -0.744 e.